The summed E-state index contributed by atoms with van der Waals surface area (Å²) in [5, 5.41) is 18.3. The van der Waals surface area contributed by atoms with Crippen LogP contribution in [0.1, 0.15) is 59.2 Å². The highest BCUT2D eigenvalue weighted by Crippen LogP contribution is 2.65. The van der Waals surface area contributed by atoms with Crippen molar-refractivity contribution < 1.29 is 23.8 Å². The number of imidazole rings is 2. The number of pyridine rings is 1. The Balaban J connectivity index is 1.02. The molecule has 1 aliphatic carbocycles. The van der Waals surface area contributed by atoms with E-state index in [1.165, 1.54) is 6.07 Å². The second kappa shape index (κ2) is 9.85. The van der Waals surface area contributed by atoms with Crippen LogP contribution in [0.3, 0.4) is 0 Å². The van der Waals surface area contributed by atoms with Crippen molar-refractivity contribution in [3.8, 4) is 11.9 Å². The monoisotopic (exact) mass is 557 g/mol. The third-order valence-corrected chi connectivity index (χ3v) is 8.66. The van der Waals surface area contributed by atoms with Gasteiger partial charge in [0, 0.05) is 37.2 Å². The van der Waals surface area contributed by atoms with Crippen LogP contribution in [0.4, 0.5) is 10.2 Å². The fourth-order valence-electron chi connectivity index (χ4n) is 6.08. The van der Waals surface area contributed by atoms with Crippen molar-refractivity contribution in [1.29, 1.82) is 5.26 Å². The lowest BCUT2D eigenvalue weighted by Crippen LogP contribution is -2.36. The van der Waals surface area contributed by atoms with Crippen molar-refractivity contribution in [2.45, 2.75) is 50.9 Å². The number of aromatic amines is 1. The van der Waals surface area contributed by atoms with E-state index in [9.17, 15) is 14.3 Å². The smallest absolute Gasteiger partial charge is 0.372 e. The van der Waals surface area contributed by atoms with Crippen molar-refractivity contribution in [3.05, 3.63) is 65.0 Å². The Labute approximate surface area is 234 Å². The molecule has 210 valence electrons. The minimum absolute atomic E-state index is 0.0220. The van der Waals surface area contributed by atoms with E-state index < -0.39 is 11.8 Å². The molecule has 0 amide bonds. The number of nitrogens with zero attached hydrogens (tertiary/aromatic N) is 6. The van der Waals surface area contributed by atoms with E-state index in [1.807, 2.05) is 18.2 Å². The maximum absolute atomic E-state index is 14.2. The van der Waals surface area contributed by atoms with Crippen molar-refractivity contribution in [3.63, 3.8) is 0 Å². The molecule has 3 aromatic heterocycles. The maximum atomic E-state index is 14.2. The Kier molecular flexibility index (Phi) is 6.12. The maximum Gasteiger partial charge on any atom is 0.372 e. The predicted octanol–water partition coefficient (Wildman–Crippen LogP) is 4.01. The molecule has 41 heavy (non-hydrogen) atoms. The number of nitriles is 1. The second-order valence-corrected chi connectivity index (χ2v) is 11.1. The average molecular weight is 558 g/mol. The topological polar surface area (TPSA) is 142 Å². The summed E-state index contributed by atoms with van der Waals surface area (Å²) in [5.74, 6) is 0.800. The van der Waals surface area contributed by atoms with Gasteiger partial charge in [-0.15, -0.1) is 0 Å². The molecule has 3 fully saturated rings. The van der Waals surface area contributed by atoms with Crippen LogP contribution in [0.15, 0.2) is 36.4 Å². The first-order valence-corrected chi connectivity index (χ1v) is 13.8. The molecule has 1 aromatic carbocycles. The molecule has 2 atom stereocenters. The third-order valence-electron chi connectivity index (χ3n) is 8.66. The van der Waals surface area contributed by atoms with Gasteiger partial charge < -0.3 is 29.0 Å². The zero-order valence-corrected chi connectivity index (χ0v) is 22.2. The molecule has 5 heterocycles. The molecule has 11 nitrogen and oxygen atoms in total. The normalized spacial score (nSPS) is 21.0. The van der Waals surface area contributed by atoms with E-state index >= 15 is 0 Å². The summed E-state index contributed by atoms with van der Waals surface area (Å²) in [6, 6.07) is 11.9. The molecule has 2 N–H and O–H groups in total. The zero-order chi connectivity index (χ0) is 28.1. The van der Waals surface area contributed by atoms with Gasteiger partial charge in [-0.3, -0.25) is 0 Å². The standard InChI is InChI=1S/C29H28FN7O4/c30-21-12-17(14-31)4-5-18(21)16-41-23-3-1-2-22(32-23)36-9-7-29(8-10-36)13-20(29)26-34-24-27(35-25(33-24)28(38)39)37(26)15-19-6-11-40-19/h1-5,12,19-20H,6-11,13,15-16H2,(H,33,35)(H,38,39)/t19-,20?/m0/s1. The molecule has 1 saturated carbocycles. The molecule has 2 saturated heterocycles. The minimum Gasteiger partial charge on any atom is -0.475 e. The van der Waals surface area contributed by atoms with Crippen LogP contribution in [0, 0.1) is 22.6 Å². The van der Waals surface area contributed by atoms with Gasteiger partial charge in [0.05, 0.1) is 24.3 Å². The summed E-state index contributed by atoms with van der Waals surface area (Å²) < 4.78 is 27.8. The van der Waals surface area contributed by atoms with E-state index in [0.717, 1.165) is 57.0 Å². The highest BCUT2D eigenvalue weighted by Gasteiger charge is 2.57. The van der Waals surface area contributed by atoms with Gasteiger partial charge >= 0.3 is 5.97 Å². The van der Waals surface area contributed by atoms with E-state index in [2.05, 4.69) is 24.4 Å². The van der Waals surface area contributed by atoms with Gasteiger partial charge in [0.2, 0.25) is 11.7 Å². The van der Waals surface area contributed by atoms with Gasteiger partial charge in [-0.25, -0.2) is 19.2 Å². The number of carbonyl (C=O) groups is 1. The molecular formula is C29H28FN7O4. The lowest BCUT2D eigenvalue weighted by Gasteiger charge is -2.34. The second-order valence-electron chi connectivity index (χ2n) is 11.1. The van der Waals surface area contributed by atoms with E-state index in [-0.39, 0.29) is 35.4 Å². The SMILES string of the molecule is N#Cc1ccc(COc2cccc(N3CCC4(CC3)CC4c3nc4[nH]c(C(=O)O)nc4n3C[C@@H]3CCO3)n2)c(F)c1. The van der Waals surface area contributed by atoms with Crippen LogP contribution in [-0.4, -0.2) is 61.4 Å². The number of anilines is 1. The minimum atomic E-state index is -1.10. The summed E-state index contributed by atoms with van der Waals surface area (Å²) in [6.07, 6.45) is 4.06. The Morgan fingerprint density at radius 2 is 2.07 bits per heavy atom. The summed E-state index contributed by atoms with van der Waals surface area (Å²) >= 11 is 0. The summed E-state index contributed by atoms with van der Waals surface area (Å²) in [4.78, 5) is 30.4. The highest BCUT2D eigenvalue weighted by molar-refractivity contribution is 5.87. The number of carboxylic acids is 1. The van der Waals surface area contributed by atoms with Crippen LogP contribution >= 0.6 is 0 Å². The third kappa shape index (κ3) is 4.66. The molecule has 0 radical (unpaired) electrons. The zero-order valence-electron chi connectivity index (χ0n) is 22.2. The van der Waals surface area contributed by atoms with Crippen molar-refractivity contribution in [2.24, 2.45) is 5.41 Å². The van der Waals surface area contributed by atoms with Gasteiger partial charge in [-0.05, 0) is 49.3 Å². The highest BCUT2D eigenvalue weighted by atomic mass is 19.1. The van der Waals surface area contributed by atoms with Crippen LogP contribution < -0.4 is 9.64 Å². The molecular weight excluding hydrogens is 529 g/mol. The fraction of sp³-hybridized carbons (Fsp3) is 0.414. The quantitative estimate of drug-likeness (QED) is 0.329. The number of carboxylic acid groups (broad SMARTS) is 1. The number of ether oxygens (including phenoxy) is 2. The number of H-pyrrole nitrogens is 1. The molecule has 2 aliphatic heterocycles. The molecule has 0 bridgehead atoms. The van der Waals surface area contributed by atoms with E-state index in [0.29, 0.717) is 29.3 Å². The summed E-state index contributed by atoms with van der Waals surface area (Å²) in [5.41, 5.74) is 1.87. The largest absolute Gasteiger partial charge is 0.475 e. The van der Waals surface area contributed by atoms with Crippen molar-refractivity contribution >= 4 is 23.1 Å². The lowest BCUT2D eigenvalue weighted by atomic mass is 9.90. The van der Waals surface area contributed by atoms with Crippen LogP contribution in [0.2, 0.25) is 0 Å². The first-order chi connectivity index (χ1) is 19.9. The first-order valence-electron chi connectivity index (χ1n) is 13.8. The van der Waals surface area contributed by atoms with Gasteiger partial charge in [0.15, 0.2) is 11.3 Å². The number of aromatic carboxylic acids is 1. The van der Waals surface area contributed by atoms with Gasteiger partial charge in [0.25, 0.3) is 0 Å². The van der Waals surface area contributed by atoms with Crippen LogP contribution in [0.5, 0.6) is 5.88 Å². The van der Waals surface area contributed by atoms with Gasteiger partial charge in [-0.1, -0.05) is 12.1 Å². The predicted molar refractivity (Wildman–Crippen MR) is 144 cm³/mol. The van der Waals surface area contributed by atoms with Gasteiger partial charge in [-0.2, -0.15) is 10.2 Å². The number of hydrogen-bond acceptors (Lipinski definition) is 8. The lowest BCUT2D eigenvalue weighted by molar-refractivity contribution is -0.0591. The Bertz CT molecular complexity index is 1680. The van der Waals surface area contributed by atoms with Crippen molar-refractivity contribution in [1.82, 2.24) is 24.5 Å². The summed E-state index contributed by atoms with van der Waals surface area (Å²) in [7, 11) is 0. The number of piperidine rings is 1. The average Bonchev–Trinajstić information content (AvgIpc) is 3.30. The number of halogens is 1. The van der Waals surface area contributed by atoms with E-state index in [1.54, 1.807) is 18.2 Å². The fourth-order valence-corrected chi connectivity index (χ4v) is 6.08. The number of aromatic nitrogens is 5. The number of benzene rings is 1. The van der Waals surface area contributed by atoms with E-state index in [4.69, 9.17) is 19.7 Å². The first kappa shape index (κ1) is 25.5. The summed E-state index contributed by atoms with van der Waals surface area (Å²) in [6.45, 7) is 3.06. The Morgan fingerprint density at radius 1 is 1.24 bits per heavy atom. The molecule has 7 rings (SSSR count). The van der Waals surface area contributed by atoms with Crippen LogP contribution in [-0.2, 0) is 17.9 Å². The molecule has 12 heteroatoms. The number of rotatable bonds is 8. The molecule has 1 unspecified atom stereocenters. The number of fused-ring (bicyclic) bond motifs is 1. The van der Waals surface area contributed by atoms with Crippen LogP contribution in [0.25, 0.3) is 11.3 Å². The Hall–Kier alpha value is -4.50. The number of nitrogens with one attached hydrogen (secondary N) is 1. The van der Waals surface area contributed by atoms with Gasteiger partial charge in [0.1, 0.15) is 24.1 Å². The number of hydrogen-bond donors (Lipinski definition) is 2. The Morgan fingerprint density at radius 3 is 2.78 bits per heavy atom. The molecule has 4 aromatic rings. The molecule has 3 aliphatic rings. The molecule has 1 spiro atoms. The van der Waals surface area contributed by atoms with Crippen molar-refractivity contribution in [2.75, 3.05) is 24.6 Å².